The number of aryl methyl sites for hydroxylation is 1. The van der Waals surface area contributed by atoms with Crippen LogP contribution < -0.4 is 5.32 Å². The Morgan fingerprint density at radius 3 is 2.46 bits per heavy atom. The summed E-state index contributed by atoms with van der Waals surface area (Å²) in [6.07, 6.45) is 2.62. The lowest BCUT2D eigenvalue weighted by atomic mass is 9.98. The number of pyridine rings is 1. The molecule has 0 spiro atoms. The van der Waals surface area contributed by atoms with Crippen molar-refractivity contribution in [3.63, 3.8) is 0 Å². The molecular formula is C22H25N3O. The van der Waals surface area contributed by atoms with Crippen LogP contribution in [0.2, 0.25) is 0 Å². The van der Waals surface area contributed by atoms with Gasteiger partial charge in [-0.25, -0.2) is 0 Å². The number of aromatic nitrogens is 1. The van der Waals surface area contributed by atoms with Crippen LogP contribution in [0, 0.1) is 6.92 Å². The van der Waals surface area contributed by atoms with Crippen molar-refractivity contribution < 1.29 is 4.79 Å². The summed E-state index contributed by atoms with van der Waals surface area (Å²) in [7, 11) is 4.06. The lowest BCUT2D eigenvalue weighted by molar-refractivity contribution is 0.0953. The van der Waals surface area contributed by atoms with Gasteiger partial charge in [-0.3, -0.25) is 9.78 Å². The van der Waals surface area contributed by atoms with Crippen molar-refractivity contribution in [2.45, 2.75) is 13.3 Å². The third-order valence-electron chi connectivity index (χ3n) is 4.51. The molecule has 3 aromatic rings. The van der Waals surface area contributed by atoms with Crippen molar-refractivity contribution in [1.82, 2.24) is 15.2 Å². The van der Waals surface area contributed by atoms with Gasteiger partial charge in [0.05, 0.1) is 11.3 Å². The molecule has 4 nitrogen and oxygen atoms in total. The van der Waals surface area contributed by atoms with E-state index in [0.717, 1.165) is 35.0 Å². The van der Waals surface area contributed by atoms with Gasteiger partial charge in [-0.1, -0.05) is 48.5 Å². The Balaban J connectivity index is 1.93. The first kappa shape index (κ1) is 18.1. The molecule has 0 bridgehead atoms. The average molecular weight is 347 g/mol. The molecule has 1 amide bonds. The molecule has 0 atom stereocenters. The Bertz CT molecular complexity index is 918. The van der Waals surface area contributed by atoms with E-state index in [1.54, 1.807) is 6.20 Å². The van der Waals surface area contributed by atoms with E-state index in [-0.39, 0.29) is 5.91 Å². The molecule has 1 aromatic heterocycles. The van der Waals surface area contributed by atoms with Crippen molar-refractivity contribution in [1.29, 1.82) is 0 Å². The minimum atomic E-state index is -0.0659. The maximum absolute atomic E-state index is 12.7. The van der Waals surface area contributed by atoms with Crippen LogP contribution in [0.25, 0.3) is 22.0 Å². The summed E-state index contributed by atoms with van der Waals surface area (Å²) in [4.78, 5) is 19.4. The zero-order chi connectivity index (χ0) is 18.5. The van der Waals surface area contributed by atoms with Gasteiger partial charge in [0.15, 0.2) is 0 Å². The molecule has 1 heterocycles. The highest BCUT2D eigenvalue weighted by atomic mass is 16.1. The van der Waals surface area contributed by atoms with Gasteiger partial charge in [-0.15, -0.1) is 0 Å². The topological polar surface area (TPSA) is 45.2 Å². The Morgan fingerprint density at radius 1 is 1.04 bits per heavy atom. The molecule has 2 aromatic carbocycles. The Morgan fingerprint density at radius 2 is 1.73 bits per heavy atom. The second kappa shape index (κ2) is 8.11. The minimum absolute atomic E-state index is 0.0659. The predicted molar refractivity (Wildman–Crippen MR) is 107 cm³/mol. The predicted octanol–water partition coefficient (Wildman–Crippen LogP) is 3.89. The standard InChI is InChI=1S/C22H25N3O/c1-16-9-4-5-10-17(16)21-19-12-7-6-11-18(19)20(15-24-21)22(26)23-13-8-14-25(2)3/h4-7,9-12,15H,8,13-14H2,1-3H3,(H,23,26). The van der Waals surface area contributed by atoms with Crippen LogP contribution in [-0.4, -0.2) is 43.0 Å². The quantitative estimate of drug-likeness (QED) is 0.688. The van der Waals surface area contributed by atoms with Crippen molar-refractivity contribution in [2.24, 2.45) is 0 Å². The molecule has 26 heavy (non-hydrogen) atoms. The molecule has 0 aliphatic carbocycles. The van der Waals surface area contributed by atoms with Gasteiger partial charge in [0, 0.05) is 23.7 Å². The number of nitrogens with one attached hydrogen (secondary N) is 1. The first-order valence-electron chi connectivity index (χ1n) is 8.94. The fourth-order valence-corrected chi connectivity index (χ4v) is 3.12. The van der Waals surface area contributed by atoms with Gasteiger partial charge >= 0.3 is 0 Å². The fourth-order valence-electron chi connectivity index (χ4n) is 3.12. The zero-order valence-corrected chi connectivity index (χ0v) is 15.6. The summed E-state index contributed by atoms with van der Waals surface area (Å²) < 4.78 is 0. The van der Waals surface area contributed by atoms with Crippen LogP contribution in [0.15, 0.2) is 54.7 Å². The Kier molecular flexibility index (Phi) is 5.64. The number of carbonyl (C=O) groups excluding carboxylic acids is 1. The van der Waals surface area contributed by atoms with Gasteiger partial charge in [-0.05, 0) is 44.9 Å². The lowest BCUT2D eigenvalue weighted by Crippen LogP contribution is -2.27. The van der Waals surface area contributed by atoms with Gasteiger partial charge in [-0.2, -0.15) is 0 Å². The van der Waals surface area contributed by atoms with E-state index in [1.165, 1.54) is 5.56 Å². The van der Waals surface area contributed by atoms with Crippen LogP contribution in [0.4, 0.5) is 0 Å². The number of hydrogen-bond acceptors (Lipinski definition) is 3. The van der Waals surface area contributed by atoms with Crippen molar-refractivity contribution in [3.8, 4) is 11.3 Å². The number of rotatable bonds is 6. The number of fused-ring (bicyclic) bond motifs is 1. The van der Waals surface area contributed by atoms with E-state index in [4.69, 9.17) is 0 Å². The summed E-state index contributed by atoms with van der Waals surface area (Å²) in [5.74, 6) is -0.0659. The number of benzene rings is 2. The van der Waals surface area contributed by atoms with E-state index >= 15 is 0 Å². The van der Waals surface area contributed by atoms with E-state index in [1.807, 2.05) is 50.5 Å². The van der Waals surface area contributed by atoms with Gasteiger partial charge < -0.3 is 10.2 Å². The van der Waals surface area contributed by atoms with E-state index in [9.17, 15) is 4.79 Å². The monoisotopic (exact) mass is 347 g/mol. The zero-order valence-electron chi connectivity index (χ0n) is 15.6. The lowest BCUT2D eigenvalue weighted by Gasteiger charge is -2.13. The second-order valence-electron chi connectivity index (χ2n) is 6.79. The highest BCUT2D eigenvalue weighted by molar-refractivity contribution is 6.09. The average Bonchev–Trinajstić information content (AvgIpc) is 2.64. The highest BCUT2D eigenvalue weighted by Crippen LogP contribution is 2.30. The maximum Gasteiger partial charge on any atom is 0.253 e. The molecule has 0 unspecified atom stereocenters. The second-order valence-corrected chi connectivity index (χ2v) is 6.79. The normalized spacial score (nSPS) is 11.1. The summed E-state index contributed by atoms with van der Waals surface area (Å²) in [6, 6.07) is 16.2. The van der Waals surface area contributed by atoms with E-state index < -0.39 is 0 Å². The Labute approximate surface area is 154 Å². The highest BCUT2D eigenvalue weighted by Gasteiger charge is 2.15. The van der Waals surface area contributed by atoms with Gasteiger partial charge in [0.1, 0.15) is 0 Å². The number of amides is 1. The van der Waals surface area contributed by atoms with Crippen LogP contribution in [-0.2, 0) is 0 Å². The molecule has 4 heteroatoms. The molecule has 3 rings (SSSR count). The Hall–Kier alpha value is -2.72. The third kappa shape index (κ3) is 3.92. The largest absolute Gasteiger partial charge is 0.352 e. The fraction of sp³-hybridized carbons (Fsp3) is 0.273. The van der Waals surface area contributed by atoms with Crippen molar-refractivity contribution in [2.75, 3.05) is 27.2 Å². The third-order valence-corrected chi connectivity index (χ3v) is 4.51. The van der Waals surface area contributed by atoms with Gasteiger partial charge in [0.2, 0.25) is 0 Å². The number of carbonyl (C=O) groups is 1. The maximum atomic E-state index is 12.7. The van der Waals surface area contributed by atoms with E-state index in [0.29, 0.717) is 12.1 Å². The molecule has 0 aliphatic rings. The first-order chi connectivity index (χ1) is 12.6. The molecular weight excluding hydrogens is 322 g/mol. The smallest absolute Gasteiger partial charge is 0.253 e. The molecule has 134 valence electrons. The van der Waals surface area contributed by atoms with E-state index in [2.05, 4.69) is 34.3 Å². The minimum Gasteiger partial charge on any atom is -0.352 e. The molecule has 0 fully saturated rings. The number of hydrogen-bond donors (Lipinski definition) is 1. The van der Waals surface area contributed by atoms with Crippen LogP contribution >= 0.6 is 0 Å². The van der Waals surface area contributed by atoms with Crippen LogP contribution in [0.1, 0.15) is 22.3 Å². The number of nitrogens with zero attached hydrogens (tertiary/aromatic N) is 2. The summed E-state index contributed by atoms with van der Waals surface area (Å²) in [6.45, 7) is 3.69. The molecule has 0 aliphatic heterocycles. The van der Waals surface area contributed by atoms with Crippen LogP contribution in [0.3, 0.4) is 0 Å². The summed E-state index contributed by atoms with van der Waals surface area (Å²) in [5.41, 5.74) is 3.82. The molecule has 0 saturated carbocycles. The van der Waals surface area contributed by atoms with Crippen LogP contribution in [0.5, 0.6) is 0 Å². The first-order valence-corrected chi connectivity index (χ1v) is 8.94. The molecule has 0 radical (unpaired) electrons. The molecule has 0 saturated heterocycles. The van der Waals surface area contributed by atoms with Crippen molar-refractivity contribution >= 4 is 16.7 Å². The van der Waals surface area contributed by atoms with Gasteiger partial charge in [0.25, 0.3) is 5.91 Å². The SMILES string of the molecule is Cc1ccccc1-c1ncc(C(=O)NCCCN(C)C)c2ccccc12. The molecule has 1 N–H and O–H groups in total. The summed E-state index contributed by atoms with van der Waals surface area (Å²) in [5, 5.41) is 4.95. The summed E-state index contributed by atoms with van der Waals surface area (Å²) >= 11 is 0. The van der Waals surface area contributed by atoms with Crippen molar-refractivity contribution in [3.05, 3.63) is 65.9 Å².